The molecule has 0 N–H and O–H groups in total. The topological polar surface area (TPSA) is 39.4 Å². The molecule has 1 aromatic carbocycles. The van der Waals surface area contributed by atoms with Gasteiger partial charge in [0.05, 0.1) is 19.3 Å². The summed E-state index contributed by atoms with van der Waals surface area (Å²) in [6.45, 7) is 0.432. The lowest BCUT2D eigenvalue weighted by Gasteiger charge is -2.04. The summed E-state index contributed by atoms with van der Waals surface area (Å²) in [6.07, 6.45) is 3.32. The van der Waals surface area contributed by atoms with Crippen LogP contribution in [0.25, 0.3) is 0 Å². The van der Waals surface area contributed by atoms with Gasteiger partial charge < -0.3 is 9.15 Å². The van der Waals surface area contributed by atoms with Crippen molar-refractivity contribution >= 4 is 5.97 Å². The van der Waals surface area contributed by atoms with Crippen LogP contribution in [0.1, 0.15) is 17.7 Å². The lowest BCUT2D eigenvalue weighted by molar-refractivity contribution is -0.143. The summed E-state index contributed by atoms with van der Waals surface area (Å²) < 4.78 is 10.3. The molecular weight excluding hydrogens is 228 g/mol. The zero-order valence-electron chi connectivity index (χ0n) is 10.2. The first-order valence-electron chi connectivity index (χ1n) is 6.06. The zero-order chi connectivity index (χ0) is 12.6. The first-order chi connectivity index (χ1) is 8.84. The third-order valence-electron chi connectivity index (χ3n) is 2.65. The van der Waals surface area contributed by atoms with Crippen LogP contribution in [0.15, 0.2) is 53.1 Å². The van der Waals surface area contributed by atoms with Gasteiger partial charge in [0.15, 0.2) is 0 Å². The van der Waals surface area contributed by atoms with E-state index in [0.29, 0.717) is 19.4 Å². The van der Waals surface area contributed by atoms with E-state index in [1.54, 1.807) is 6.26 Å². The fourth-order valence-corrected chi connectivity index (χ4v) is 1.68. The van der Waals surface area contributed by atoms with E-state index in [4.69, 9.17) is 9.15 Å². The van der Waals surface area contributed by atoms with E-state index in [0.717, 1.165) is 12.2 Å². The van der Waals surface area contributed by atoms with Crippen LogP contribution in [0.5, 0.6) is 0 Å². The van der Waals surface area contributed by atoms with Gasteiger partial charge in [0.25, 0.3) is 0 Å². The smallest absolute Gasteiger partial charge is 0.306 e. The molecule has 0 amide bonds. The van der Waals surface area contributed by atoms with Crippen LogP contribution >= 0.6 is 0 Å². The van der Waals surface area contributed by atoms with Crippen molar-refractivity contribution in [2.75, 3.05) is 6.61 Å². The van der Waals surface area contributed by atoms with Gasteiger partial charge in [-0.3, -0.25) is 4.79 Å². The second-order valence-corrected chi connectivity index (χ2v) is 4.04. The number of carbonyl (C=O) groups is 1. The van der Waals surface area contributed by atoms with Crippen molar-refractivity contribution < 1.29 is 13.9 Å². The molecule has 0 radical (unpaired) electrons. The lowest BCUT2D eigenvalue weighted by Crippen LogP contribution is -2.08. The fraction of sp³-hybridized carbons (Fsp3) is 0.267. The molecule has 3 nitrogen and oxygen atoms in total. The van der Waals surface area contributed by atoms with Crippen LogP contribution in [0.2, 0.25) is 0 Å². The average Bonchev–Trinajstić information content (AvgIpc) is 2.91. The number of ether oxygens (including phenoxy) is 1. The molecule has 1 heterocycles. The molecule has 0 aliphatic carbocycles. The van der Waals surface area contributed by atoms with E-state index in [1.807, 2.05) is 42.5 Å². The summed E-state index contributed by atoms with van der Waals surface area (Å²) in [5.41, 5.74) is 1.18. The quantitative estimate of drug-likeness (QED) is 0.733. The van der Waals surface area contributed by atoms with Crippen molar-refractivity contribution in [3.8, 4) is 0 Å². The van der Waals surface area contributed by atoms with Gasteiger partial charge in [0.1, 0.15) is 5.76 Å². The molecule has 1 aromatic heterocycles. The number of carbonyl (C=O) groups excluding carboxylic acids is 1. The monoisotopic (exact) mass is 244 g/mol. The highest BCUT2D eigenvalue weighted by atomic mass is 16.5. The Kier molecular flexibility index (Phi) is 4.59. The Morgan fingerprint density at radius 2 is 1.89 bits per heavy atom. The minimum Gasteiger partial charge on any atom is -0.469 e. The van der Waals surface area contributed by atoms with Gasteiger partial charge in [-0.05, 0) is 17.7 Å². The van der Waals surface area contributed by atoms with Crippen LogP contribution in [0, 0.1) is 0 Å². The van der Waals surface area contributed by atoms with Crippen molar-refractivity contribution in [2.45, 2.75) is 19.3 Å². The molecule has 0 aliphatic rings. The van der Waals surface area contributed by atoms with E-state index in [2.05, 4.69) is 0 Å². The van der Waals surface area contributed by atoms with Crippen molar-refractivity contribution in [2.24, 2.45) is 0 Å². The van der Waals surface area contributed by atoms with Gasteiger partial charge in [0.2, 0.25) is 0 Å². The van der Waals surface area contributed by atoms with Gasteiger partial charge in [-0.25, -0.2) is 0 Å². The second-order valence-electron chi connectivity index (χ2n) is 4.04. The lowest BCUT2D eigenvalue weighted by atomic mass is 10.2. The van der Waals surface area contributed by atoms with E-state index >= 15 is 0 Å². The molecule has 0 saturated carbocycles. The Morgan fingerprint density at radius 3 is 2.61 bits per heavy atom. The Balaban J connectivity index is 1.63. The molecule has 3 heteroatoms. The number of aryl methyl sites for hydroxylation is 1. The van der Waals surface area contributed by atoms with Crippen molar-refractivity contribution in [1.29, 1.82) is 0 Å². The molecule has 0 bridgehead atoms. The number of hydrogen-bond acceptors (Lipinski definition) is 3. The summed E-state index contributed by atoms with van der Waals surface area (Å²) in [7, 11) is 0. The van der Waals surface area contributed by atoms with Crippen LogP contribution in [0.3, 0.4) is 0 Å². The Morgan fingerprint density at radius 1 is 1.06 bits per heavy atom. The standard InChI is InChI=1S/C15H16O3/c16-15(9-8-14-7-4-11-17-14)18-12-10-13-5-2-1-3-6-13/h1-7,11H,8-10,12H2. The number of hydrogen-bond donors (Lipinski definition) is 0. The molecule has 0 spiro atoms. The molecule has 2 aromatic rings. The molecule has 2 rings (SSSR count). The third kappa shape index (κ3) is 4.09. The predicted molar refractivity (Wildman–Crippen MR) is 68.1 cm³/mol. The Bertz CT molecular complexity index is 460. The molecule has 0 atom stereocenters. The summed E-state index contributed by atoms with van der Waals surface area (Å²) in [5, 5.41) is 0. The Hall–Kier alpha value is -2.03. The highest BCUT2D eigenvalue weighted by molar-refractivity contribution is 5.69. The molecular formula is C15H16O3. The van der Waals surface area contributed by atoms with Crippen LogP contribution in [0.4, 0.5) is 0 Å². The minimum atomic E-state index is -0.178. The molecule has 0 aliphatic heterocycles. The number of benzene rings is 1. The van der Waals surface area contributed by atoms with Crippen LogP contribution in [-0.2, 0) is 22.4 Å². The highest BCUT2D eigenvalue weighted by Gasteiger charge is 2.05. The zero-order valence-corrected chi connectivity index (χ0v) is 10.2. The molecule has 0 saturated heterocycles. The van der Waals surface area contributed by atoms with Crippen LogP contribution < -0.4 is 0 Å². The van der Waals surface area contributed by atoms with Gasteiger partial charge >= 0.3 is 5.97 Å². The second kappa shape index (κ2) is 6.64. The van der Waals surface area contributed by atoms with Gasteiger partial charge in [-0.2, -0.15) is 0 Å². The van der Waals surface area contributed by atoms with E-state index in [-0.39, 0.29) is 5.97 Å². The van der Waals surface area contributed by atoms with Crippen molar-refractivity contribution in [1.82, 2.24) is 0 Å². The average molecular weight is 244 g/mol. The van der Waals surface area contributed by atoms with Crippen LogP contribution in [-0.4, -0.2) is 12.6 Å². The maximum absolute atomic E-state index is 11.5. The van der Waals surface area contributed by atoms with Gasteiger partial charge in [-0.15, -0.1) is 0 Å². The number of rotatable bonds is 6. The van der Waals surface area contributed by atoms with E-state index in [1.165, 1.54) is 5.56 Å². The largest absolute Gasteiger partial charge is 0.469 e. The SMILES string of the molecule is O=C(CCc1ccco1)OCCc1ccccc1. The molecule has 18 heavy (non-hydrogen) atoms. The normalized spacial score (nSPS) is 10.2. The first kappa shape index (κ1) is 12.4. The first-order valence-corrected chi connectivity index (χ1v) is 6.06. The number of furan rings is 1. The van der Waals surface area contributed by atoms with E-state index in [9.17, 15) is 4.79 Å². The predicted octanol–water partition coefficient (Wildman–Crippen LogP) is 3.00. The fourth-order valence-electron chi connectivity index (χ4n) is 1.68. The maximum atomic E-state index is 11.5. The highest BCUT2D eigenvalue weighted by Crippen LogP contribution is 2.05. The number of esters is 1. The van der Waals surface area contributed by atoms with Gasteiger partial charge in [0, 0.05) is 12.8 Å². The van der Waals surface area contributed by atoms with Gasteiger partial charge in [-0.1, -0.05) is 30.3 Å². The summed E-state index contributed by atoms with van der Waals surface area (Å²) in [6, 6.07) is 13.7. The Labute approximate surface area is 106 Å². The summed E-state index contributed by atoms with van der Waals surface area (Å²) >= 11 is 0. The molecule has 94 valence electrons. The maximum Gasteiger partial charge on any atom is 0.306 e. The summed E-state index contributed by atoms with van der Waals surface area (Å²) in [5.74, 6) is 0.636. The minimum absolute atomic E-state index is 0.178. The van der Waals surface area contributed by atoms with E-state index < -0.39 is 0 Å². The molecule has 0 fully saturated rings. The van der Waals surface area contributed by atoms with Crippen molar-refractivity contribution in [3.63, 3.8) is 0 Å². The summed E-state index contributed by atoms with van der Waals surface area (Å²) in [4.78, 5) is 11.5. The molecule has 0 unspecified atom stereocenters. The third-order valence-corrected chi connectivity index (χ3v) is 2.65. The van der Waals surface area contributed by atoms with Crippen molar-refractivity contribution in [3.05, 3.63) is 60.1 Å².